The van der Waals surface area contributed by atoms with Gasteiger partial charge in [-0.1, -0.05) is 103 Å². The van der Waals surface area contributed by atoms with E-state index in [2.05, 4.69) is 6.58 Å². The second-order valence-corrected chi connectivity index (χ2v) is 10.3. The number of rotatable bonds is 13. The molecule has 226 valence electrons. The summed E-state index contributed by atoms with van der Waals surface area (Å²) in [6.07, 6.45) is 2.72. The Bertz CT molecular complexity index is 1550. The Balaban J connectivity index is 0.000000241. The summed E-state index contributed by atoms with van der Waals surface area (Å²) >= 11 is 11.5. The number of carbonyl (C=O) groups excluding carboxylic acids is 4. The average molecular weight is 632 g/mol. The largest absolute Gasteiger partial charge is 0.462 e. The van der Waals surface area contributed by atoms with Crippen molar-refractivity contribution in [2.24, 2.45) is 0 Å². The number of alkyl halides is 2. The van der Waals surface area contributed by atoms with Gasteiger partial charge in [-0.15, -0.1) is 29.8 Å². The Morgan fingerprint density at radius 1 is 0.614 bits per heavy atom. The van der Waals surface area contributed by atoms with Crippen molar-refractivity contribution in [2.75, 3.05) is 19.1 Å². The Hall–Kier alpha value is -4.52. The summed E-state index contributed by atoms with van der Waals surface area (Å²) in [6.45, 7) is 3.99. The van der Waals surface area contributed by atoms with E-state index in [0.29, 0.717) is 41.0 Å². The summed E-state index contributed by atoms with van der Waals surface area (Å²) in [7, 11) is 0. The summed E-state index contributed by atoms with van der Waals surface area (Å²) < 4.78 is 10.3. The maximum Gasteiger partial charge on any atom is 0.338 e. The van der Waals surface area contributed by atoms with E-state index in [0.717, 1.165) is 0 Å². The summed E-state index contributed by atoms with van der Waals surface area (Å²) in [6, 6.07) is 31.0. The first kappa shape index (κ1) is 34.0. The number of halogens is 2. The molecule has 0 amide bonds. The molecule has 1 atom stereocenters. The highest BCUT2D eigenvalue weighted by molar-refractivity contribution is 6.28. The number of esters is 2. The van der Waals surface area contributed by atoms with Gasteiger partial charge in [0, 0.05) is 28.1 Å². The molecule has 4 rings (SSSR count). The lowest BCUT2D eigenvalue weighted by molar-refractivity contribution is 0.0493. The number of carbonyl (C=O) groups is 4. The third-order valence-electron chi connectivity index (χ3n) is 6.24. The SMILES string of the molecule is C=CCCOC(=O)c1ccccc1C(=O)c1ccccc1.O=C(OCCC(Cl)CCl)c1ccccc1C(=O)c1ccccc1. The minimum atomic E-state index is -0.539. The van der Waals surface area contributed by atoms with Crippen LogP contribution in [0.5, 0.6) is 0 Å². The van der Waals surface area contributed by atoms with Gasteiger partial charge in [-0.3, -0.25) is 9.59 Å². The van der Waals surface area contributed by atoms with Crippen LogP contribution in [0.25, 0.3) is 0 Å². The van der Waals surface area contributed by atoms with Crippen molar-refractivity contribution in [3.05, 3.63) is 155 Å². The molecule has 1 unspecified atom stereocenters. The van der Waals surface area contributed by atoms with Gasteiger partial charge in [-0.2, -0.15) is 0 Å². The van der Waals surface area contributed by atoms with Crippen LogP contribution in [0.3, 0.4) is 0 Å². The highest BCUT2D eigenvalue weighted by Crippen LogP contribution is 2.17. The smallest absolute Gasteiger partial charge is 0.338 e. The van der Waals surface area contributed by atoms with Crippen molar-refractivity contribution < 1.29 is 28.7 Å². The van der Waals surface area contributed by atoms with E-state index in [1.807, 2.05) is 12.1 Å². The molecule has 44 heavy (non-hydrogen) atoms. The third kappa shape index (κ3) is 10.0. The Labute approximate surface area is 267 Å². The van der Waals surface area contributed by atoms with E-state index < -0.39 is 11.9 Å². The average Bonchev–Trinajstić information content (AvgIpc) is 3.08. The summed E-state index contributed by atoms with van der Waals surface area (Å²) in [4.78, 5) is 49.3. The molecule has 4 aromatic carbocycles. The van der Waals surface area contributed by atoms with Crippen LogP contribution in [0.4, 0.5) is 0 Å². The molecule has 0 aliphatic rings. The first-order valence-electron chi connectivity index (χ1n) is 13.9. The Kier molecular flexibility index (Phi) is 14.1. The van der Waals surface area contributed by atoms with Crippen molar-refractivity contribution >= 4 is 46.7 Å². The molecule has 6 nitrogen and oxygen atoms in total. The van der Waals surface area contributed by atoms with E-state index >= 15 is 0 Å². The predicted molar refractivity (Wildman–Crippen MR) is 173 cm³/mol. The molecule has 0 saturated carbocycles. The number of ketones is 2. The van der Waals surface area contributed by atoms with Gasteiger partial charge in [0.1, 0.15) is 0 Å². The molecule has 0 bridgehead atoms. The van der Waals surface area contributed by atoms with Crippen LogP contribution in [0, 0.1) is 0 Å². The van der Waals surface area contributed by atoms with Gasteiger partial charge in [0.05, 0.1) is 29.7 Å². The van der Waals surface area contributed by atoms with Crippen LogP contribution >= 0.6 is 23.2 Å². The zero-order valence-corrected chi connectivity index (χ0v) is 25.5. The van der Waals surface area contributed by atoms with Gasteiger partial charge < -0.3 is 9.47 Å². The Morgan fingerprint density at radius 3 is 1.41 bits per heavy atom. The summed E-state index contributed by atoms with van der Waals surface area (Å²) in [5, 5.41) is -0.245. The molecule has 0 spiro atoms. The van der Waals surface area contributed by atoms with Crippen LogP contribution in [0.1, 0.15) is 65.4 Å². The lowest BCUT2D eigenvalue weighted by Gasteiger charge is -2.10. The maximum absolute atomic E-state index is 12.6. The second-order valence-electron chi connectivity index (χ2n) is 9.37. The standard InChI is InChI=1S/C18H16Cl2O3.C18H16O3/c19-12-14(20)10-11-23-18(22)16-9-5-4-8-15(16)17(21)13-6-2-1-3-7-13;1-2-3-13-21-18(20)16-12-8-7-11-15(16)17(19)14-9-5-4-6-10-14/h1-9,14H,10-12H2;2,4-12H,1,3,13H2. The molecule has 0 N–H and O–H groups in total. The van der Waals surface area contributed by atoms with Crippen LogP contribution in [0.2, 0.25) is 0 Å². The maximum atomic E-state index is 12.6. The number of benzene rings is 4. The first-order valence-corrected chi connectivity index (χ1v) is 14.9. The molecular weight excluding hydrogens is 599 g/mol. The quantitative estimate of drug-likeness (QED) is 0.0489. The van der Waals surface area contributed by atoms with Crippen LogP contribution in [-0.4, -0.2) is 48.0 Å². The van der Waals surface area contributed by atoms with Crippen molar-refractivity contribution in [3.8, 4) is 0 Å². The van der Waals surface area contributed by atoms with Gasteiger partial charge in [-0.25, -0.2) is 9.59 Å². The lowest BCUT2D eigenvalue weighted by atomic mass is 9.98. The molecule has 8 heteroatoms. The highest BCUT2D eigenvalue weighted by Gasteiger charge is 2.20. The Morgan fingerprint density at radius 2 is 1.00 bits per heavy atom. The molecule has 0 radical (unpaired) electrons. The fourth-order valence-corrected chi connectivity index (χ4v) is 4.20. The zero-order chi connectivity index (χ0) is 31.7. The van der Waals surface area contributed by atoms with Gasteiger partial charge in [0.15, 0.2) is 11.6 Å². The summed E-state index contributed by atoms with van der Waals surface area (Å²) in [5.74, 6) is -1.14. The van der Waals surface area contributed by atoms with Crippen molar-refractivity contribution in [1.29, 1.82) is 0 Å². The van der Waals surface area contributed by atoms with E-state index in [1.165, 1.54) is 0 Å². The summed E-state index contributed by atoms with van der Waals surface area (Å²) in [5.41, 5.74) is 2.28. The van der Waals surface area contributed by atoms with Crippen LogP contribution in [0.15, 0.2) is 122 Å². The minimum absolute atomic E-state index is 0.160. The monoisotopic (exact) mass is 630 g/mol. The number of ether oxygens (including phenoxy) is 2. The van der Waals surface area contributed by atoms with Crippen molar-refractivity contribution in [3.63, 3.8) is 0 Å². The lowest BCUT2D eigenvalue weighted by Crippen LogP contribution is -2.15. The topological polar surface area (TPSA) is 86.7 Å². The molecule has 0 heterocycles. The fourth-order valence-electron chi connectivity index (χ4n) is 3.96. The minimum Gasteiger partial charge on any atom is -0.462 e. The van der Waals surface area contributed by atoms with Crippen molar-refractivity contribution in [1.82, 2.24) is 0 Å². The highest BCUT2D eigenvalue weighted by atomic mass is 35.5. The van der Waals surface area contributed by atoms with E-state index in [-0.39, 0.29) is 41.3 Å². The molecule has 0 fully saturated rings. The molecular formula is C36H32Cl2O6. The third-order valence-corrected chi connectivity index (χ3v) is 7.14. The molecule has 0 aliphatic heterocycles. The van der Waals surface area contributed by atoms with Gasteiger partial charge >= 0.3 is 11.9 Å². The van der Waals surface area contributed by atoms with Crippen LogP contribution < -0.4 is 0 Å². The molecule has 4 aromatic rings. The second kappa shape index (κ2) is 18.2. The van der Waals surface area contributed by atoms with Gasteiger partial charge in [0.2, 0.25) is 0 Å². The first-order chi connectivity index (χ1) is 21.4. The fraction of sp³-hybridized carbons (Fsp3) is 0.167. The molecule has 0 saturated heterocycles. The zero-order valence-electron chi connectivity index (χ0n) is 24.0. The molecule has 0 aromatic heterocycles. The van der Waals surface area contributed by atoms with Gasteiger partial charge in [0.25, 0.3) is 0 Å². The van der Waals surface area contributed by atoms with Crippen molar-refractivity contribution in [2.45, 2.75) is 18.2 Å². The predicted octanol–water partition coefficient (Wildman–Crippen LogP) is 7.96. The number of hydrogen-bond acceptors (Lipinski definition) is 6. The van der Waals surface area contributed by atoms with Crippen LogP contribution in [-0.2, 0) is 9.47 Å². The molecule has 0 aliphatic carbocycles. The number of hydrogen-bond donors (Lipinski definition) is 0. The normalized spacial score (nSPS) is 10.9. The van der Waals surface area contributed by atoms with E-state index in [4.69, 9.17) is 32.7 Å². The van der Waals surface area contributed by atoms with Gasteiger partial charge in [-0.05, 0) is 25.0 Å². The van der Waals surface area contributed by atoms with E-state index in [1.54, 1.807) is 103 Å². The van der Waals surface area contributed by atoms with E-state index in [9.17, 15) is 19.2 Å².